The van der Waals surface area contributed by atoms with Crippen molar-refractivity contribution in [1.29, 1.82) is 0 Å². The van der Waals surface area contributed by atoms with Crippen molar-refractivity contribution in [1.82, 2.24) is 0 Å². The Balaban J connectivity index is 1.98. The predicted molar refractivity (Wildman–Crippen MR) is 79.3 cm³/mol. The van der Waals surface area contributed by atoms with Crippen LogP contribution in [-0.2, 0) is 6.42 Å². The van der Waals surface area contributed by atoms with E-state index < -0.39 is 6.10 Å². The van der Waals surface area contributed by atoms with Gasteiger partial charge in [-0.25, -0.2) is 0 Å². The monoisotopic (exact) mass is 282 g/mol. The first-order chi connectivity index (χ1) is 10.1. The van der Waals surface area contributed by atoms with Gasteiger partial charge in [0.1, 0.15) is 23.2 Å². The van der Waals surface area contributed by atoms with E-state index in [4.69, 9.17) is 4.42 Å². The third-order valence-corrected chi connectivity index (χ3v) is 3.33. The Morgan fingerprint density at radius 3 is 2.57 bits per heavy atom. The van der Waals surface area contributed by atoms with Crippen LogP contribution in [-0.4, -0.2) is 10.2 Å². The smallest absolute Gasteiger partial charge is 0.193 e. The number of phenols is 1. The molecule has 0 amide bonds. The first-order valence-electron chi connectivity index (χ1n) is 6.62. The van der Waals surface area contributed by atoms with Gasteiger partial charge in [0.25, 0.3) is 0 Å². The Morgan fingerprint density at radius 1 is 1.05 bits per heavy atom. The van der Waals surface area contributed by atoms with Crippen LogP contribution >= 0.6 is 0 Å². The third-order valence-electron chi connectivity index (χ3n) is 3.33. The van der Waals surface area contributed by atoms with Crippen LogP contribution in [0.3, 0.4) is 0 Å². The lowest BCUT2D eigenvalue weighted by Gasteiger charge is -2.10. The summed E-state index contributed by atoms with van der Waals surface area (Å²) in [7, 11) is 0. The molecule has 0 fully saturated rings. The van der Waals surface area contributed by atoms with Gasteiger partial charge in [0.15, 0.2) is 5.43 Å². The lowest BCUT2D eigenvalue weighted by molar-refractivity contribution is 0.151. The van der Waals surface area contributed by atoms with Crippen molar-refractivity contribution in [2.75, 3.05) is 0 Å². The van der Waals surface area contributed by atoms with Gasteiger partial charge in [-0.15, -0.1) is 0 Å². The zero-order valence-corrected chi connectivity index (χ0v) is 11.2. The number of benzene rings is 2. The minimum Gasteiger partial charge on any atom is -0.508 e. The molecule has 0 radical (unpaired) electrons. The van der Waals surface area contributed by atoms with E-state index in [1.54, 1.807) is 0 Å². The number of phenolic OH excluding ortho intramolecular Hbond substituents is 1. The van der Waals surface area contributed by atoms with Gasteiger partial charge in [0.05, 0.1) is 5.39 Å². The molecule has 0 bridgehead atoms. The molecule has 21 heavy (non-hydrogen) atoms. The lowest BCUT2D eigenvalue weighted by atomic mass is 10.1. The number of aromatic hydroxyl groups is 1. The van der Waals surface area contributed by atoms with Crippen molar-refractivity contribution in [3.63, 3.8) is 0 Å². The summed E-state index contributed by atoms with van der Waals surface area (Å²) in [5, 5.41) is 20.1. The molecule has 1 atom stereocenters. The van der Waals surface area contributed by atoms with Gasteiger partial charge in [-0.3, -0.25) is 4.79 Å². The quantitative estimate of drug-likeness (QED) is 0.775. The maximum absolute atomic E-state index is 12.0. The van der Waals surface area contributed by atoms with Gasteiger partial charge >= 0.3 is 0 Å². The van der Waals surface area contributed by atoms with Gasteiger partial charge in [0.2, 0.25) is 0 Å². The summed E-state index contributed by atoms with van der Waals surface area (Å²) in [6.45, 7) is 0. The molecule has 4 nitrogen and oxygen atoms in total. The standard InChI is InChI=1S/C17H14O4/c18-12-6-7-13-14(19)10-17(21-16(13)9-12)15(20)8-11-4-2-1-3-5-11/h1-7,9-10,15,18,20H,8H2/t15-/m1/s1. The summed E-state index contributed by atoms with van der Waals surface area (Å²) >= 11 is 0. The largest absolute Gasteiger partial charge is 0.508 e. The first-order valence-corrected chi connectivity index (χ1v) is 6.62. The van der Waals surface area contributed by atoms with Crippen molar-refractivity contribution in [2.24, 2.45) is 0 Å². The van der Waals surface area contributed by atoms with E-state index in [-0.39, 0.29) is 22.5 Å². The Labute approximate surface area is 120 Å². The first kappa shape index (κ1) is 13.4. The fourth-order valence-electron chi connectivity index (χ4n) is 2.26. The summed E-state index contributed by atoms with van der Waals surface area (Å²) in [6.07, 6.45) is -0.555. The number of rotatable bonds is 3. The van der Waals surface area contributed by atoms with Crippen molar-refractivity contribution in [3.05, 3.63) is 76.1 Å². The highest BCUT2D eigenvalue weighted by Crippen LogP contribution is 2.23. The zero-order chi connectivity index (χ0) is 14.8. The minimum absolute atomic E-state index is 0.0142. The van der Waals surface area contributed by atoms with E-state index in [0.29, 0.717) is 11.8 Å². The summed E-state index contributed by atoms with van der Waals surface area (Å²) in [6, 6.07) is 15.1. The van der Waals surface area contributed by atoms with Crippen LogP contribution in [0.1, 0.15) is 17.4 Å². The van der Waals surface area contributed by atoms with E-state index in [9.17, 15) is 15.0 Å². The normalized spacial score (nSPS) is 12.4. The topological polar surface area (TPSA) is 70.7 Å². The van der Waals surface area contributed by atoms with E-state index in [1.165, 1.54) is 24.3 Å². The van der Waals surface area contributed by atoms with Crippen LogP contribution in [0.2, 0.25) is 0 Å². The molecule has 106 valence electrons. The number of hydrogen-bond donors (Lipinski definition) is 2. The maximum Gasteiger partial charge on any atom is 0.193 e. The van der Waals surface area contributed by atoms with Gasteiger partial charge in [-0.05, 0) is 17.7 Å². The molecule has 1 aromatic heterocycles. The number of hydrogen-bond acceptors (Lipinski definition) is 4. The average molecular weight is 282 g/mol. The molecule has 0 spiro atoms. The van der Waals surface area contributed by atoms with E-state index in [2.05, 4.69) is 0 Å². The summed E-state index contributed by atoms with van der Waals surface area (Å²) in [5.41, 5.74) is 0.978. The van der Waals surface area contributed by atoms with Gasteiger partial charge in [0, 0.05) is 18.6 Å². The number of aliphatic hydroxyl groups excluding tert-OH is 1. The minimum atomic E-state index is -0.910. The highest BCUT2D eigenvalue weighted by atomic mass is 16.4. The van der Waals surface area contributed by atoms with Gasteiger partial charge in [-0.2, -0.15) is 0 Å². The molecule has 0 aliphatic carbocycles. The fourth-order valence-corrected chi connectivity index (χ4v) is 2.26. The predicted octanol–water partition coefficient (Wildman–Crippen LogP) is 2.77. The Bertz CT molecular complexity index is 821. The molecular weight excluding hydrogens is 268 g/mol. The maximum atomic E-state index is 12.0. The molecule has 0 saturated carbocycles. The zero-order valence-electron chi connectivity index (χ0n) is 11.2. The second-order valence-electron chi connectivity index (χ2n) is 4.90. The SMILES string of the molecule is O=c1cc([C@H](O)Cc2ccccc2)oc2cc(O)ccc12. The summed E-state index contributed by atoms with van der Waals surface area (Å²) < 4.78 is 5.55. The molecule has 2 N–H and O–H groups in total. The summed E-state index contributed by atoms with van der Waals surface area (Å²) in [5.74, 6) is 0.210. The van der Waals surface area contributed by atoms with Crippen LogP contribution in [0.5, 0.6) is 5.75 Å². The number of fused-ring (bicyclic) bond motifs is 1. The average Bonchev–Trinajstić information content (AvgIpc) is 2.47. The molecular formula is C17H14O4. The molecule has 3 aromatic rings. The van der Waals surface area contributed by atoms with Gasteiger partial charge < -0.3 is 14.6 Å². The molecule has 0 aliphatic rings. The van der Waals surface area contributed by atoms with Crippen LogP contribution < -0.4 is 5.43 Å². The second-order valence-corrected chi connectivity index (χ2v) is 4.90. The second kappa shape index (κ2) is 5.42. The molecule has 0 unspecified atom stereocenters. The Kier molecular flexibility index (Phi) is 3.46. The van der Waals surface area contributed by atoms with Crippen molar-refractivity contribution < 1.29 is 14.6 Å². The van der Waals surface area contributed by atoms with E-state index in [0.717, 1.165) is 5.56 Å². The Hall–Kier alpha value is -2.59. The van der Waals surface area contributed by atoms with Crippen LogP contribution in [0.25, 0.3) is 11.0 Å². The molecule has 0 saturated heterocycles. The Morgan fingerprint density at radius 2 is 1.81 bits per heavy atom. The molecule has 3 rings (SSSR count). The molecule has 0 aliphatic heterocycles. The third kappa shape index (κ3) is 2.80. The molecule has 1 heterocycles. The van der Waals surface area contributed by atoms with Crippen molar-refractivity contribution in [3.8, 4) is 5.75 Å². The van der Waals surface area contributed by atoms with Crippen molar-refractivity contribution >= 4 is 11.0 Å². The fraction of sp³-hybridized carbons (Fsp3) is 0.118. The van der Waals surface area contributed by atoms with Crippen molar-refractivity contribution in [2.45, 2.75) is 12.5 Å². The van der Waals surface area contributed by atoms with Crippen LogP contribution in [0.15, 0.2) is 63.8 Å². The van der Waals surface area contributed by atoms with E-state index in [1.807, 2.05) is 30.3 Å². The lowest BCUT2D eigenvalue weighted by Crippen LogP contribution is -2.08. The highest BCUT2D eigenvalue weighted by Gasteiger charge is 2.14. The van der Waals surface area contributed by atoms with Crippen LogP contribution in [0, 0.1) is 0 Å². The highest BCUT2D eigenvalue weighted by molar-refractivity contribution is 5.77. The summed E-state index contributed by atoms with van der Waals surface area (Å²) in [4.78, 5) is 12.0. The van der Waals surface area contributed by atoms with Crippen LogP contribution in [0.4, 0.5) is 0 Å². The van der Waals surface area contributed by atoms with E-state index >= 15 is 0 Å². The van der Waals surface area contributed by atoms with Gasteiger partial charge in [-0.1, -0.05) is 30.3 Å². The number of aliphatic hydroxyl groups is 1. The molecule has 2 aromatic carbocycles. The molecule has 4 heteroatoms.